The first kappa shape index (κ1) is 9.89. The number of nitrogens with zero attached hydrogens (tertiary/aromatic N) is 1. The van der Waals surface area contributed by atoms with Crippen LogP contribution >= 0.6 is 0 Å². The molecule has 0 aromatic heterocycles. The van der Waals surface area contributed by atoms with Crippen molar-refractivity contribution in [1.82, 2.24) is 0 Å². The Kier molecular flexibility index (Phi) is 2.24. The molecule has 4 nitrogen and oxygen atoms in total. The van der Waals surface area contributed by atoms with E-state index in [-0.39, 0.29) is 11.2 Å². The number of Topliss-reactive ketones (excluding diaryl/α,β-unsaturated/α-hetero) is 1. The number of aliphatic imine (C=N–C) groups is 1. The van der Waals surface area contributed by atoms with Crippen molar-refractivity contribution in [2.75, 3.05) is 0 Å². The van der Waals surface area contributed by atoms with Gasteiger partial charge in [-0.1, -0.05) is 20.8 Å². The average Bonchev–Trinajstić information content (AvgIpc) is 2.29. The Hall–Kier alpha value is -1.19. The number of ether oxygens (including phenoxy) is 1. The Morgan fingerprint density at radius 3 is 2.23 bits per heavy atom. The third kappa shape index (κ3) is 1.94. The zero-order chi connectivity index (χ0) is 10.2. The number of rotatable bonds is 1. The predicted octanol–water partition coefficient (Wildman–Crippen LogP) is 0.945. The van der Waals surface area contributed by atoms with Crippen molar-refractivity contribution < 1.29 is 14.3 Å². The Morgan fingerprint density at radius 2 is 2.00 bits per heavy atom. The molecule has 0 radical (unpaired) electrons. The van der Waals surface area contributed by atoms with Gasteiger partial charge in [-0.05, 0) is 6.92 Å². The molecule has 0 fully saturated rings. The normalized spacial score (nSPS) is 22.6. The molecule has 0 saturated carbocycles. The smallest absolute Gasteiger partial charge is 0.345 e. The summed E-state index contributed by atoms with van der Waals surface area (Å²) in [5, 5.41) is 0. The highest BCUT2D eigenvalue weighted by atomic mass is 16.6. The lowest BCUT2D eigenvalue weighted by atomic mass is 9.97. The van der Waals surface area contributed by atoms with Gasteiger partial charge in [-0.25, -0.2) is 9.79 Å². The highest BCUT2D eigenvalue weighted by Crippen LogP contribution is 2.22. The van der Waals surface area contributed by atoms with Crippen molar-refractivity contribution in [1.29, 1.82) is 0 Å². The minimum Gasteiger partial charge on any atom is -0.409 e. The van der Waals surface area contributed by atoms with Gasteiger partial charge < -0.3 is 4.74 Å². The summed E-state index contributed by atoms with van der Waals surface area (Å²) < 4.78 is 4.89. The van der Waals surface area contributed by atoms with Crippen LogP contribution in [0.3, 0.4) is 0 Å². The standard InChI is InChI=1S/C9H13NO3/c1-5(11)6-7(12)13-8(10-6)9(2,3)4/h6H,1-4H3. The van der Waals surface area contributed by atoms with Gasteiger partial charge in [0.15, 0.2) is 11.7 Å². The molecule has 1 rings (SSSR count). The van der Waals surface area contributed by atoms with E-state index in [0.717, 1.165) is 0 Å². The van der Waals surface area contributed by atoms with Crippen molar-refractivity contribution in [3.8, 4) is 0 Å². The topological polar surface area (TPSA) is 55.7 Å². The molecule has 1 aliphatic heterocycles. The molecule has 0 aromatic rings. The lowest BCUT2D eigenvalue weighted by molar-refractivity contribution is -0.138. The van der Waals surface area contributed by atoms with E-state index < -0.39 is 12.0 Å². The van der Waals surface area contributed by atoms with Gasteiger partial charge in [0.2, 0.25) is 6.04 Å². The van der Waals surface area contributed by atoms with Crippen LogP contribution < -0.4 is 0 Å². The van der Waals surface area contributed by atoms with E-state index in [0.29, 0.717) is 5.90 Å². The maximum atomic E-state index is 11.1. The molecular weight excluding hydrogens is 170 g/mol. The average molecular weight is 183 g/mol. The van der Waals surface area contributed by atoms with Crippen molar-refractivity contribution in [3.63, 3.8) is 0 Å². The van der Waals surface area contributed by atoms with E-state index in [1.54, 1.807) is 0 Å². The van der Waals surface area contributed by atoms with Gasteiger partial charge in [0.1, 0.15) is 0 Å². The zero-order valence-corrected chi connectivity index (χ0v) is 8.25. The second-order valence-corrected chi connectivity index (χ2v) is 4.12. The van der Waals surface area contributed by atoms with E-state index in [9.17, 15) is 9.59 Å². The van der Waals surface area contributed by atoms with Gasteiger partial charge in [0, 0.05) is 5.41 Å². The number of cyclic esters (lactones) is 1. The maximum absolute atomic E-state index is 11.1. The third-order valence-corrected chi connectivity index (χ3v) is 1.69. The van der Waals surface area contributed by atoms with Crippen LogP contribution in [0.15, 0.2) is 4.99 Å². The number of hydrogen-bond donors (Lipinski definition) is 0. The maximum Gasteiger partial charge on any atom is 0.345 e. The molecule has 1 unspecified atom stereocenters. The Bertz CT molecular complexity index is 286. The van der Waals surface area contributed by atoms with Gasteiger partial charge in [0.05, 0.1) is 0 Å². The first-order valence-electron chi connectivity index (χ1n) is 4.13. The van der Waals surface area contributed by atoms with Crippen LogP contribution in [0, 0.1) is 5.41 Å². The van der Waals surface area contributed by atoms with Gasteiger partial charge in [-0.15, -0.1) is 0 Å². The van der Waals surface area contributed by atoms with Crippen LogP contribution in [0.25, 0.3) is 0 Å². The molecule has 0 aromatic carbocycles. The molecule has 0 N–H and O–H groups in total. The summed E-state index contributed by atoms with van der Waals surface area (Å²) in [6.07, 6.45) is 0. The van der Waals surface area contributed by atoms with E-state index >= 15 is 0 Å². The van der Waals surface area contributed by atoms with Crippen LogP contribution in [-0.2, 0) is 14.3 Å². The minimum absolute atomic E-state index is 0.274. The number of esters is 1. The molecule has 1 heterocycles. The highest BCUT2D eigenvalue weighted by Gasteiger charge is 2.37. The number of carbonyl (C=O) groups excluding carboxylic acids is 2. The fourth-order valence-electron chi connectivity index (χ4n) is 0.951. The van der Waals surface area contributed by atoms with Gasteiger partial charge in [-0.3, -0.25) is 4.79 Å². The molecule has 1 aliphatic rings. The van der Waals surface area contributed by atoms with Gasteiger partial charge in [0.25, 0.3) is 0 Å². The quantitative estimate of drug-likeness (QED) is 0.449. The SMILES string of the molecule is CC(=O)C1N=C(C(C)(C)C)OC1=O. The first-order valence-corrected chi connectivity index (χ1v) is 4.13. The minimum atomic E-state index is -0.936. The fourth-order valence-corrected chi connectivity index (χ4v) is 0.951. The molecule has 0 aliphatic carbocycles. The molecular formula is C9H13NO3. The summed E-state index contributed by atoms with van der Waals surface area (Å²) in [5.41, 5.74) is -0.320. The van der Waals surface area contributed by atoms with E-state index in [4.69, 9.17) is 4.74 Å². The van der Waals surface area contributed by atoms with Crippen molar-refractivity contribution in [2.45, 2.75) is 33.7 Å². The van der Waals surface area contributed by atoms with Gasteiger partial charge in [-0.2, -0.15) is 0 Å². The molecule has 0 saturated heterocycles. The first-order chi connectivity index (χ1) is 5.82. The second kappa shape index (κ2) is 2.94. The van der Waals surface area contributed by atoms with E-state index in [1.165, 1.54) is 6.92 Å². The van der Waals surface area contributed by atoms with Gasteiger partial charge >= 0.3 is 5.97 Å². The summed E-state index contributed by atoms with van der Waals surface area (Å²) in [7, 11) is 0. The molecule has 1 atom stereocenters. The lowest BCUT2D eigenvalue weighted by Crippen LogP contribution is -2.24. The zero-order valence-electron chi connectivity index (χ0n) is 8.25. The molecule has 13 heavy (non-hydrogen) atoms. The van der Waals surface area contributed by atoms with Crippen molar-refractivity contribution in [3.05, 3.63) is 0 Å². The number of hydrogen-bond acceptors (Lipinski definition) is 4. The molecule has 0 bridgehead atoms. The highest BCUT2D eigenvalue weighted by molar-refractivity contribution is 6.11. The van der Waals surface area contributed by atoms with Crippen molar-refractivity contribution in [2.24, 2.45) is 10.4 Å². The fraction of sp³-hybridized carbons (Fsp3) is 0.667. The van der Waals surface area contributed by atoms with Crippen molar-refractivity contribution >= 4 is 17.7 Å². The number of carbonyl (C=O) groups is 2. The van der Waals surface area contributed by atoms with Crippen LogP contribution in [0.2, 0.25) is 0 Å². The summed E-state index contributed by atoms with van der Waals surface area (Å²) in [6.45, 7) is 6.96. The molecule has 0 spiro atoms. The summed E-state index contributed by atoms with van der Waals surface area (Å²) in [6, 6.07) is -0.936. The Morgan fingerprint density at radius 1 is 1.46 bits per heavy atom. The Labute approximate surface area is 77.0 Å². The summed E-state index contributed by atoms with van der Waals surface area (Å²) in [5.74, 6) is -0.487. The largest absolute Gasteiger partial charge is 0.409 e. The summed E-state index contributed by atoms with van der Waals surface area (Å²) >= 11 is 0. The van der Waals surface area contributed by atoms with Crippen LogP contribution in [0.4, 0.5) is 0 Å². The summed E-state index contributed by atoms with van der Waals surface area (Å²) in [4.78, 5) is 26.0. The third-order valence-electron chi connectivity index (χ3n) is 1.69. The van der Waals surface area contributed by atoms with Crippen LogP contribution in [0.1, 0.15) is 27.7 Å². The predicted molar refractivity (Wildman–Crippen MR) is 47.5 cm³/mol. The number of ketones is 1. The van der Waals surface area contributed by atoms with E-state index in [1.807, 2.05) is 20.8 Å². The molecule has 0 amide bonds. The lowest BCUT2D eigenvalue weighted by Gasteiger charge is -2.15. The Balaban J connectivity index is 2.90. The van der Waals surface area contributed by atoms with Crippen LogP contribution in [-0.4, -0.2) is 23.7 Å². The molecule has 72 valence electrons. The monoisotopic (exact) mass is 183 g/mol. The van der Waals surface area contributed by atoms with E-state index in [2.05, 4.69) is 4.99 Å². The molecule has 4 heteroatoms. The second-order valence-electron chi connectivity index (χ2n) is 4.12. The van der Waals surface area contributed by atoms with Crippen LogP contribution in [0.5, 0.6) is 0 Å².